The van der Waals surface area contributed by atoms with Crippen molar-refractivity contribution in [3.63, 3.8) is 0 Å². The van der Waals surface area contributed by atoms with Gasteiger partial charge in [0.25, 0.3) is 5.91 Å². The molecule has 2 aromatic carbocycles. The summed E-state index contributed by atoms with van der Waals surface area (Å²) < 4.78 is 0. The van der Waals surface area contributed by atoms with E-state index in [2.05, 4.69) is 0 Å². The Morgan fingerprint density at radius 1 is 1.24 bits per heavy atom. The van der Waals surface area contributed by atoms with E-state index in [1.807, 2.05) is 43.0 Å². The fourth-order valence-electron chi connectivity index (χ4n) is 2.66. The molecule has 0 aliphatic heterocycles. The standard InChI is InChI=1S/C18H21NO2/c1-12(2)19(11-13-7-8-13)18(21)16-9-14-5-3-4-6-15(14)10-17(16)20/h3-6,9-10,12-13,20H,7-8,11H2,1-2H3. The SMILES string of the molecule is CC(C)N(CC1CC1)C(=O)c1cc2ccccc2cc1O. The molecule has 0 heterocycles. The maximum Gasteiger partial charge on any atom is 0.257 e. The van der Waals surface area contributed by atoms with Crippen molar-refractivity contribution in [1.29, 1.82) is 0 Å². The summed E-state index contributed by atoms with van der Waals surface area (Å²) in [4.78, 5) is 14.7. The van der Waals surface area contributed by atoms with Gasteiger partial charge >= 0.3 is 0 Å². The Kier molecular flexibility index (Phi) is 3.58. The van der Waals surface area contributed by atoms with Gasteiger partial charge in [0.15, 0.2) is 0 Å². The summed E-state index contributed by atoms with van der Waals surface area (Å²) >= 11 is 0. The van der Waals surface area contributed by atoms with Crippen LogP contribution in [0.15, 0.2) is 36.4 Å². The summed E-state index contributed by atoms with van der Waals surface area (Å²) in [6.45, 7) is 4.85. The van der Waals surface area contributed by atoms with Crippen LogP contribution in [-0.2, 0) is 0 Å². The molecule has 1 aliphatic rings. The fraction of sp³-hybridized carbons (Fsp3) is 0.389. The molecule has 0 atom stereocenters. The molecule has 3 rings (SSSR count). The lowest BCUT2D eigenvalue weighted by atomic mass is 10.0. The van der Waals surface area contributed by atoms with Crippen molar-refractivity contribution in [3.05, 3.63) is 42.0 Å². The number of phenolic OH excluding ortho intramolecular Hbond substituents is 1. The molecule has 110 valence electrons. The van der Waals surface area contributed by atoms with E-state index in [0.717, 1.165) is 17.3 Å². The van der Waals surface area contributed by atoms with Gasteiger partial charge in [-0.15, -0.1) is 0 Å². The van der Waals surface area contributed by atoms with Crippen LogP contribution in [0.4, 0.5) is 0 Å². The second-order valence-corrected chi connectivity index (χ2v) is 6.21. The van der Waals surface area contributed by atoms with E-state index in [9.17, 15) is 9.90 Å². The summed E-state index contributed by atoms with van der Waals surface area (Å²) in [5.74, 6) is 0.638. The lowest BCUT2D eigenvalue weighted by Gasteiger charge is -2.27. The van der Waals surface area contributed by atoms with Gasteiger partial charge in [-0.2, -0.15) is 0 Å². The number of aromatic hydroxyl groups is 1. The number of fused-ring (bicyclic) bond motifs is 1. The first-order valence-electron chi connectivity index (χ1n) is 7.59. The minimum atomic E-state index is -0.0693. The smallest absolute Gasteiger partial charge is 0.257 e. The zero-order valence-electron chi connectivity index (χ0n) is 12.5. The van der Waals surface area contributed by atoms with E-state index < -0.39 is 0 Å². The number of amides is 1. The lowest BCUT2D eigenvalue weighted by Crippen LogP contribution is -2.38. The monoisotopic (exact) mass is 283 g/mol. The molecule has 1 saturated carbocycles. The van der Waals surface area contributed by atoms with E-state index >= 15 is 0 Å². The number of carbonyl (C=O) groups is 1. The fourth-order valence-corrected chi connectivity index (χ4v) is 2.66. The number of rotatable bonds is 4. The Balaban J connectivity index is 1.96. The van der Waals surface area contributed by atoms with Crippen LogP contribution in [0.5, 0.6) is 5.75 Å². The van der Waals surface area contributed by atoms with Crippen LogP contribution in [0, 0.1) is 5.92 Å². The number of carbonyl (C=O) groups excluding carboxylic acids is 1. The molecule has 0 spiro atoms. The van der Waals surface area contributed by atoms with Gasteiger partial charge in [0.2, 0.25) is 0 Å². The van der Waals surface area contributed by atoms with Crippen LogP contribution in [0.25, 0.3) is 10.8 Å². The Morgan fingerprint density at radius 2 is 1.86 bits per heavy atom. The quantitative estimate of drug-likeness (QED) is 0.927. The summed E-state index contributed by atoms with van der Waals surface area (Å²) in [6, 6.07) is 11.4. The molecule has 0 aromatic heterocycles. The van der Waals surface area contributed by atoms with Crippen molar-refractivity contribution in [1.82, 2.24) is 4.90 Å². The maximum atomic E-state index is 12.8. The van der Waals surface area contributed by atoms with E-state index in [-0.39, 0.29) is 17.7 Å². The van der Waals surface area contributed by atoms with E-state index in [4.69, 9.17) is 0 Å². The molecule has 1 aliphatic carbocycles. The molecule has 0 bridgehead atoms. The first-order chi connectivity index (χ1) is 10.1. The van der Waals surface area contributed by atoms with Crippen molar-refractivity contribution >= 4 is 16.7 Å². The zero-order valence-corrected chi connectivity index (χ0v) is 12.5. The minimum absolute atomic E-state index is 0.0693. The number of hydrogen-bond acceptors (Lipinski definition) is 2. The van der Waals surface area contributed by atoms with Crippen LogP contribution in [0.2, 0.25) is 0 Å². The number of nitrogens with zero attached hydrogens (tertiary/aromatic N) is 1. The molecule has 0 saturated heterocycles. The number of phenols is 1. The van der Waals surface area contributed by atoms with Crippen molar-refractivity contribution in [3.8, 4) is 5.75 Å². The minimum Gasteiger partial charge on any atom is -0.507 e. The summed E-state index contributed by atoms with van der Waals surface area (Å²) in [5, 5.41) is 12.1. The number of hydrogen-bond donors (Lipinski definition) is 1. The molecule has 0 radical (unpaired) electrons. The van der Waals surface area contributed by atoms with Gasteiger partial charge in [0, 0.05) is 12.6 Å². The zero-order chi connectivity index (χ0) is 15.0. The van der Waals surface area contributed by atoms with Crippen LogP contribution < -0.4 is 0 Å². The summed E-state index contributed by atoms with van der Waals surface area (Å²) in [5.41, 5.74) is 0.406. The van der Waals surface area contributed by atoms with E-state index in [1.165, 1.54) is 12.8 Å². The van der Waals surface area contributed by atoms with Crippen LogP contribution in [0.3, 0.4) is 0 Å². The predicted octanol–water partition coefficient (Wildman–Crippen LogP) is 3.81. The molecule has 3 nitrogen and oxygen atoms in total. The third-order valence-corrected chi connectivity index (χ3v) is 4.13. The van der Waals surface area contributed by atoms with Crippen LogP contribution in [-0.4, -0.2) is 28.5 Å². The summed E-state index contributed by atoms with van der Waals surface area (Å²) in [7, 11) is 0. The normalized spacial score (nSPS) is 14.6. The highest BCUT2D eigenvalue weighted by molar-refractivity contribution is 6.01. The largest absolute Gasteiger partial charge is 0.507 e. The van der Waals surface area contributed by atoms with E-state index in [1.54, 1.807) is 12.1 Å². The Bertz CT molecular complexity index is 674. The summed E-state index contributed by atoms with van der Waals surface area (Å²) in [6.07, 6.45) is 2.42. The third kappa shape index (κ3) is 2.87. The third-order valence-electron chi connectivity index (χ3n) is 4.13. The Hall–Kier alpha value is -2.03. The highest BCUT2D eigenvalue weighted by Gasteiger charge is 2.29. The van der Waals surface area contributed by atoms with Gasteiger partial charge < -0.3 is 10.0 Å². The van der Waals surface area contributed by atoms with Gasteiger partial charge in [-0.1, -0.05) is 24.3 Å². The average Bonchev–Trinajstić information content (AvgIpc) is 3.27. The van der Waals surface area contributed by atoms with Crippen LogP contribution >= 0.6 is 0 Å². The number of benzene rings is 2. The average molecular weight is 283 g/mol. The second-order valence-electron chi connectivity index (χ2n) is 6.21. The molecule has 1 fully saturated rings. The second kappa shape index (κ2) is 5.40. The van der Waals surface area contributed by atoms with Gasteiger partial charge in [-0.3, -0.25) is 4.79 Å². The predicted molar refractivity (Wildman–Crippen MR) is 84.5 cm³/mol. The first-order valence-corrected chi connectivity index (χ1v) is 7.59. The maximum absolute atomic E-state index is 12.8. The molecule has 3 heteroatoms. The van der Waals surface area contributed by atoms with Crippen molar-refractivity contribution in [2.24, 2.45) is 5.92 Å². The van der Waals surface area contributed by atoms with Gasteiger partial charge in [-0.05, 0) is 55.5 Å². The first kappa shape index (κ1) is 13.9. The topological polar surface area (TPSA) is 40.5 Å². The van der Waals surface area contributed by atoms with Crippen molar-refractivity contribution < 1.29 is 9.90 Å². The Labute approximate surface area is 125 Å². The van der Waals surface area contributed by atoms with Gasteiger partial charge in [0.1, 0.15) is 5.75 Å². The molecule has 2 aromatic rings. The highest BCUT2D eigenvalue weighted by atomic mass is 16.3. The van der Waals surface area contributed by atoms with E-state index in [0.29, 0.717) is 11.5 Å². The van der Waals surface area contributed by atoms with Gasteiger partial charge in [-0.25, -0.2) is 0 Å². The molecule has 0 unspecified atom stereocenters. The Morgan fingerprint density at radius 3 is 2.43 bits per heavy atom. The molecule has 1 N–H and O–H groups in total. The van der Waals surface area contributed by atoms with Crippen LogP contribution in [0.1, 0.15) is 37.0 Å². The lowest BCUT2D eigenvalue weighted by molar-refractivity contribution is 0.0693. The highest BCUT2D eigenvalue weighted by Crippen LogP contribution is 2.32. The molecular formula is C18H21NO2. The van der Waals surface area contributed by atoms with Crippen molar-refractivity contribution in [2.45, 2.75) is 32.7 Å². The molecular weight excluding hydrogens is 262 g/mol. The molecule has 21 heavy (non-hydrogen) atoms. The van der Waals surface area contributed by atoms with Crippen molar-refractivity contribution in [2.75, 3.05) is 6.54 Å². The molecule has 1 amide bonds. The van der Waals surface area contributed by atoms with Gasteiger partial charge in [0.05, 0.1) is 5.56 Å².